The number of nitrogens with zero attached hydrogens (tertiary/aromatic N) is 1. The van der Waals surface area contributed by atoms with Crippen LogP contribution in [0.25, 0.3) is 16.7 Å². The molecule has 1 heterocycles. The molecule has 1 saturated heterocycles. The van der Waals surface area contributed by atoms with Crippen molar-refractivity contribution in [1.82, 2.24) is 4.90 Å². The Morgan fingerprint density at radius 2 is 1.74 bits per heavy atom. The van der Waals surface area contributed by atoms with Crippen molar-refractivity contribution >= 4 is 5.57 Å². The van der Waals surface area contributed by atoms with Crippen LogP contribution in [-0.2, 0) is 0 Å². The summed E-state index contributed by atoms with van der Waals surface area (Å²) in [6, 6.07) is 11.5. The molecule has 3 heteroatoms. The Bertz CT molecular complexity index is 698. The average molecular weight is 313 g/mol. The standard InChI is InChI=1S/C20H21F2N/c1-15(10-13-23-11-2-3-12-23)16-4-6-17(7-5-16)19-9-8-18(21)14-20(19)22/h4-10,14H,2-3,11-13H2,1H3/b15-10-. The van der Waals surface area contributed by atoms with Gasteiger partial charge in [0.15, 0.2) is 0 Å². The van der Waals surface area contributed by atoms with Gasteiger partial charge >= 0.3 is 0 Å². The van der Waals surface area contributed by atoms with Crippen LogP contribution < -0.4 is 0 Å². The molecule has 0 amide bonds. The Morgan fingerprint density at radius 1 is 1.04 bits per heavy atom. The van der Waals surface area contributed by atoms with Crippen molar-refractivity contribution in [2.75, 3.05) is 19.6 Å². The van der Waals surface area contributed by atoms with Crippen LogP contribution in [0.2, 0.25) is 0 Å². The van der Waals surface area contributed by atoms with Gasteiger partial charge in [-0.2, -0.15) is 0 Å². The van der Waals surface area contributed by atoms with Gasteiger partial charge in [-0.3, -0.25) is 4.90 Å². The van der Waals surface area contributed by atoms with Gasteiger partial charge in [-0.15, -0.1) is 0 Å². The van der Waals surface area contributed by atoms with Gasteiger partial charge in [-0.1, -0.05) is 30.3 Å². The molecule has 0 radical (unpaired) electrons. The fraction of sp³-hybridized carbons (Fsp3) is 0.300. The molecule has 1 aliphatic heterocycles. The lowest BCUT2D eigenvalue weighted by Crippen LogP contribution is -2.18. The van der Waals surface area contributed by atoms with Crippen molar-refractivity contribution in [3.05, 3.63) is 65.7 Å². The highest BCUT2D eigenvalue weighted by molar-refractivity contribution is 5.70. The van der Waals surface area contributed by atoms with Crippen molar-refractivity contribution in [3.63, 3.8) is 0 Å². The van der Waals surface area contributed by atoms with Crippen LogP contribution in [0.1, 0.15) is 25.3 Å². The number of allylic oxidation sites excluding steroid dienone is 1. The molecule has 0 aliphatic carbocycles. The largest absolute Gasteiger partial charge is 0.300 e. The average Bonchev–Trinajstić information content (AvgIpc) is 3.06. The van der Waals surface area contributed by atoms with Crippen molar-refractivity contribution < 1.29 is 8.78 Å². The lowest BCUT2D eigenvalue weighted by Gasteiger charge is -2.12. The Kier molecular flexibility index (Phi) is 4.87. The van der Waals surface area contributed by atoms with Gasteiger partial charge in [0, 0.05) is 18.2 Å². The number of rotatable bonds is 4. The third-order valence-electron chi connectivity index (χ3n) is 4.44. The van der Waals surface area contributed by atoms with Gasteiger partial charge in [0.25, 0.3) is 0 Å². The van der Waals surface area contributed by atoms with E-state index in [1.54, 1.807) is 0 Å². The van der Waals surface area contributed by atoms with E-state index >= 15 is 0 Å². The van der Waals surface area contributed by atoms with Crippen LogP contribution in [0.5, 0.6) is 0 Å². The second-order valence-electron chi connectivity index (χ2n) is 6.10. The first-order valence-corrected chi connectivity index (χ1v) is 8.08. The van der Waals surface area contributed by atoms with Crippen molar-refractivity contribution in [1.29, 1.82) is 0 Å². The smallest absolute Gasteiger partial charge is 0.133 e. The summed E-state index contributed by atoms with van der Waals surface area (Å²) in [5, 5.41) is 0. The highest BCUT2D eigenvalue weighted by atomic mass is 19.1. The Balaban J connectivity index is 1.74. The monoisotopic (exact) mass is 313 g/mol. The second kappa shape index (κ2) is 7.05. The normalized spacial score (nSPS) is 16.0. The fourth-order valence-electron chi connectivity index (χ4n) is 2.99. The first kappa shape index (κ1) is 15.9. The molecular formula is C20H21F2N. The highest BCUT2D eigenvalue weighted by Crippen LogP contribution is 2.25. The number of halogens is 2. The quantitative estimate of drug-likeness (QED) is 0.756. The van der Waals surface area contributed by atoms with Gasteiger partial charge in [0.05, 0.1) is 0 Å². The minimum Gasteiger partial charge on any atom is -0.300 e. The van der Waals surface area contributed by atoms with E-state index in [2.05, 4.69) is 17.9 Å². The Morgan fingerprint density at radius 3 is 2.39 bits per heavy atom. The SMILES string of the molecule is C/C(=C/CN1CCCC1)c1ccc(-c2ccc(F)cc2F)cc1. The Labute approximate surface area is 136 Å². The third-order valence-corrected chi connectivity index (χ3v) is 4.44. The summed E-state index contributed by atoms with van der Waals surface area (Å²) in [7, 11) is 0. The zero-order chi connectivity index (χ0) is 16.2. The molecule has 0 unspecified atom stereocenters. The molecule has 23 heavy (non-hydrogen) atoms. The van der Waals surface area contributed by atoms with E-state index in [0.29, 0.717) is 5.56 Å². The maximum Gasteiger partial charge on any atom is 0.133 e. The highest BCUT2D eigenvalue weighted by Gasteiger charge is 2.10. The van der Waals surface area contributed by atoms with E-state index in [1.807, 2.05) is 24.3 Å². The van der Waals surface area contributed by atoms with Crippen LogP contribution in [0.4, 0.5) is 8.78 Å². The summed E-state index contributed by atoms with van der Waals surface area (Å²) in [6.07, 6.45) is 4.84. The molecule has 0 saturated carbocycles. The minimum absolute atomic E-state index is 0.427. The Hall–Kier alpha value is -2.00. The maximum absolute atomic E-state index is 13.8. The van der Waals surface area contributed by atoms with E-state index in [4.69, 9.17) is 0 Å². The van der Waals surface area contributed by atoms with Crippen LogP contribution in [0.15, 0.2) is 48.5 Å². The lowest BCUT2D eigenvalue weighted by atomic mass is 10.0. The number of hydrogen-bond donors (Lipinski definition) is 0. The second-order valence-corrected chi connectivity index (χ2v) is 6.10. The number of hydrogen-bond acceptors (Lipinski definition) is 1. The summed E-state index contributed by atoms with van der Waals surface area (Å²) in [5.74, 6) is -1.08. The first-order valence-electron chi connectivity index (χ1n) is 8.08. The molecule has 2 aromatic carbocycles. The molecule has 120 valence electrons. The molecule has 0 bridgehead atoms. The van der Waals surface area contributed by atoms with E-state index in [0.717, 1.165) is 23.7 Å². The van der Waals surface area contributed by atoms with Crippen LogP contribution in [-0.4, -0.2) is 24.5 Å². The fourth-order valence-corrected chi connectivity index (χ4v) is 2.99. The molecule has 0 N–H and O–H groups in total. The van der Waals surface area contributed by atoms with E-state index in [9.17, 15) is 8.78 Å². The molecule has 1 fully saturated rings. The summed E-state index contributed by atoms with van der Waals surface area (Å²) in [5.41, 5.74) is 3.55. The third kappa shape index (κ3) is 3.85. The number of benzene rings is 2. The van der Waals surface area contributed by atoms with Crippen LogP contribution >= 0.6 is 0 Å². The van der Waals surface area contributed by atoms with Gasteiger partial charge in [-0.05, 0) is 61.7 Å². The van der Waals surface area contributed by atoms with Gasteiger partial charge in [0.2, 0.25) is 0 Å². The van der Waals surface area contributed by atoms with Gasteiger partial charge < -0.3 is 0 Å². The van der Waals surface area contributed by atoms with Crippen molar-refractivity contribution in [3.8, 4) is 11.1 Å². The predicted octanol–water partition coefficient (Wildman–Crippen LogP) is 5.13. The summed E-state index contributed by atoms with van der Waals surface area (Å²) >= 11 is 0. The van der Waals surface area contributed by atoms with Crippen molar-refractivity contribution in [2.45, 2.75) is 19.8 Å². The molecule has 0 atom stereocenters. The lowest BCUT2D eigenvalue weighted by molar-refractivity contribution is 0.377. The van der Waals surface area contributed by atoms with E-state index in [-0.39, 0.29) is 0 Å². The first-order chi connectivity index (χ1) is 11.1. The van der Waals surface area contributed by atoms with Crippen LogP contribution in [0, 0.1) is 11.6 Å². The van der Waals surface area contributed by atoms with Gasteiger partial charge in [0.1, 0.15) is 11.6 Å². The molecule has 0 aromatic heterocycles. The molecular weight excluding hydrogens is 292 g/mol. The molecule has 0 spiro atoms. The molecule has 1 nitrogen and oxygen atoms in total. The topological polar surface area (TPSA) is 3.24 Å². The molecule has 2 aromatic rings. The van der Waals surface area contributed by atoms with Crippen molar-refractivity contribution in [2.24, 2.45) is 0 Å². The predicted molar refractivity (Wildman–Crippen MR) is 91.1 cm³/mol. The van der Waals surface area contributed by atoms with Crippen LogP contribution in [0.3, 0.4) is 0 Å². The van der Waals surface area contributed by atoms with E-state index < -0.39 is 11.6 Å². The zero-order valence-corrected chi connectivity index (χ0v) is 13.4. The van der Waals surface area contributed by atoms with E-state index in [1.165, 1.54) is 43.6 Å². The maximum atomic E-state index is 13.8. The summed E-state index contributed by atoms with van der Waals surface area (Å²) in [6.45, 7) is 5.46. The zero-order valence-electron chi connectivity index (χ0n) is 13.4. The molecule has 3 rings (SSSR count). The summed E-state index contributed by atoms with van der Waals surface area (Å²) in [4.78, 5) is 2.45. The minimum atomic E-state index is -0.552. The molecule has 1 aliphatic rings. The number of likely N-dealkylation sites (tertiary alicyclic amines) is 1. The summed E-state index contributed by atoms with van der Waals surface area (Å²) < 4.78 is 26.8. The van der Waals surface area contributed by atoms with Gasteiger partial charge in [-0.25, -0.2) is 8.78 Å².